The van der Waals surface area contributed by atoms with Crippen LogP contribution in [-0.4, -0.2) is 0 Å². The second kappa shape index (κ2) is 6.95. The third-order valence-corrected chi connectivity index (χ3v) is 6.44. The molecule has 1 aliphatic carbocycles. The molecule has 3 aromatic carbocycles. The molecule has 0 fully saturated rings. The maximum atomic E-state index is 6.17. The van der Waals surface area contributed by atoms with E-state index < -0.39 is 0 Å². The number of nitrogen functional groups attached to an aromatic ring is 2. The second-order valence-electron chi connectivity index (χ2n) is 9.55. The van der Waals surface area contributed by atoms with Gasteiger partial charge in [-0.15, -0.1) is 0 Å². The van der Waals surface area contributed by atoms with Crippen LogP contribution in [0, 0.1) is 0 Å². The minimum absolute atomic E-state index is 0.0831. The number of hydrogen-bond donors (Lipinski definition) is 2. The summed E-state index contributed by atoms with van der Waals surface area (Å²) in [6.07, 6.45) is 2.16. The SMILES string of the molecule is CCC(C)c1ccc2c(c1)Cc1cc(C(C)(C)C)cc(-c3ccc(N)c(N)c3)c1-2. The molecular formula is C27H32N2. The average molecular weight is 385 g/mol. The first-order valence-corrected chi connectivity index (χ1v) is 10.6. The van der Waals surface area contributed by atoms with Crippen molar-refractivity contribution in [3.05, 3.63) is 70.8 Å². The molecule has 2 nitrogen and oxygen atoms in total. The molecule has 3 aromatic rings. The molecule has 150 valence electrons. The summed E-state index contributed by atoms with van der Waals surface area (Å²) >= 11 is 0. The van der Waals surface area contributed by atoms with E-state index in [1.165, 1.54) is 38.9 Å². The largest absolute Gasteiger partial charge is 0.397 e. The van der Waals surface area contributed by atoms with Gasteiger partial charge in [-0.25, -0.2) is 0 Å². The third kappa shape index (κ3) is 3.42. The molecule has 4 rings (SSSR count). The van der Waals surface area contributed by atoms with Crippen LogP contribution in [-0.2, 0) is 11.8 Å². The zero-order valence-corrected chi connectivity index (χ0v) is 18.3. The van der Waals surface area contributed by atoms with Gasteiger partial charge in [-0.2, -0.15) is 0 Å². The molecule has 0 amide bonds. The van der Waals surface area contributed by atoms with Crippen molar-refractivity contribution >= 4 is 11.4 Å². The molecule has 1 atom stereocenters. The van der Waals surface area contributed by atoms with Gasteiger partial charge in [-0.1, -0.05) is 65.0 Å². The topological polar surface area (TPSA) is 52.0 Å². The van der Waals surface area contributed by atoms with E-state index in [9.17, 15) is 0 Å². The number of hydrogen-bond acceptors (Lipinski definition) is 2. The summed E-state index contributed by atoms with van der Waals surface area (Å²) in [6.45, 7) is 11.4. The van der Waals surface area contributed by atoms with Crippen LogP contribution in [0.15, 0.2) is 48.5 Å². The molecule has 0 radical (unpaired) electrons. The molecule has 4 N–H and O–H groups in total. The summed E-state index contributed by atoms with van der Waals surface area (Å²) in [5.41, 5.74) is 24.3. The molecule has 0 aliphatic heterocycles. The van der Waals surface area contributed by atoms with E-state index in [0.717, 1.165) is 18.4 Å². The van der Waals surface area contributed by atoms with Gasteiger partial charge in [-0.3, -0.25) is 0 Å². The molecule has 0 saturated heterocycles. The lowest BCUT2D eigenvalue weighted by Crippen LogP contribution is -2.12. The maximum absolute atomic E-state index is 6.17. The van der Waals surface area contributed by atoms with Crippen LogP contribution in [0.3, 0.4) is 0 Å². The van der Waals surface area contributed by atoms with Crippen molar-refractivity contribution in [3.8, 4) is 22.3 Å². The Morgan fingerprint density at radius 2 is 1.62 bits per heavy atom. The summed E-state index contributed by atoms with van der Waals surface area (Å²) in [7, 11) is 0. The van der Waals surface area contributed by atoms with Gasteiger partial charge in [0.15, 0.2) is 0 Å². The van der Waals surface area contributed by atoms with E-state index in [-0.39, 0.29) is 5.41 Å². The first-order chi connectivity index (χ1) is 13.7. The Morgan fingerprint density at radius 3 is 2.28 bits per heavy atom. The highest BCUT2D eigenvalue weighted by atomic mass is 14.7. The highest BCUT2D eigenvalue weighted by Gasteiger charge is 2.26. The van der Waals surface area contributed by atoms with E-state index in [2.05, 4.69) is 71.0 Å². The Bertz CT molecular complexity index is 1090. The van der Waals surface area contributed by atoms with Crippen LogP contribution in [0.4, 0.5) is 11.4 Å². The standard InChI is InChI=1S/C27H32N2/c1-6-16(2)17-7-9-22-19(11-17)12-20-13-21(27(3,4)5)15-23(26(20)22)18-8-10-24(28)25(29)14-18/h7-11,13-16H,6,12,28-29H2,1-5H3. The predicted octanol–water partition coefficient (Wildman–Crippen LogP) is 6.90. The van der Waals surface area contributed by atoms with Crippen LogP contribution in [0.1, 0.15) is 69.2 Å². The Hall–Kier alpha value is -2.74. The van der Waals surface area contributed by atoms with Crippen molar-refractivity contribution in [1.29, 1.82) is 0 Å². The van der Waals surface area contributed by atoms with Crippen molar-refractivity contribution in [2.75, 3.05) is 11.5 Å². The van der Waals surface area contributed by atoms with Crippen LogP contribution < -0.4 is 11.5 Å². The van der Waals surface area contributed by atoms with Crippen molar-refractivity contribution in [2.45, 2.75) is 58.8 Å². The van der Waals surface area contributed by atoms with Crippen LogP contribution in [0.25, 0.3) is 22.3 Å². The van der Waals surface area contributed by atoms with Crippen molar-refractivity contribution < 1.29 is 0 Å². The monoisotopic (exact) mass is 384 g/mol. The average Bonchev–Trinajstić information content (AvgIpc) is 3.05. The lowest BCUT2D eigenvalue weighted by molar-refractivity contribution is 0.590. The molecule has 0 bridgehead atoms. The third-order valence-electron chi connectivity index (χ3n) is 6.44. The molecule has 1 unspecified atom stereocenters. The molecule has 1 aliphatic rings. The van der Waals surface area contributed by atoms with E-state index in [1.807, 2.05) is 12.1 Å². The number of anilines is 2. The fourth-order valence-corrected chi connectivity index (χ4v) is 4.31. The Labute approximate surface area is 175 Å². The quantitative estimate of drug-likeness (QED) is 0.377. The van der Waals surface area contributed by atoms with Gasteiger partial charge in [0.05, 0.1) is 11.4 Å². The van der Waals surface area contributed by atoms with Gasteiger partial charge in [0.2, 0.25) is 0 Å². The van der Waals surface area contributed by atoms with E-state index in [4.69, 9.17) is 11.5 Å². The fraction of sp³-hybridized carbons (Fsp3) is 0.333. The highest BCUT2D eigenvalue weighted by Crippen LogP contribution is 2.46. The Balaban J connectivity index is 1.95. The minimum atomic E-state index is 0.0831. The molecule has 29 heavy (non-hydrogen) atoms. The minimum Gasteiger partial charge on any atom is -0.397 e. The van der Waals surface area contributed by atoms with E-state index in [1.54, 1.807) is 0 Å². The van der Waals surface area contributed by atoms with Crippen molar-refractivity contribution in [1.82, 2.24) is 0 Å². The summed E-state index contributed by atoms with van der Waals surface area (Å²) in [5.74, 6) is 0.588. The van der Waals surface area contributed by atoms with Gasteiger partial charge in [-0.05, 0) is 86.9 Å². The van der Waals surface area contributed by atoms with Crippen LogP contribution >= 0.6 is 0 Å². The van der Waals surface area contributed by atoms with Crippen molar-refractivity contribution in [3.63, 3.8) is 0 Å². The maximum Gasteiger partial charge on any atom is 0.0554 e. The summed E-state index contributed by atoms with van der Waals surface area (Å²) in [4.78, 5) is 0. The molecule has 0 heterocycles. The predicted molar refractivity (Wildman–Crippen MR) is 126 cm³/mol. The summed E-state index contributed by atoms with van der Waals surface area (Å²) < 4.78 is 0. The van der Waals surface area contributed by atoms with Gasteiger partial charge >= 0.3 is 0 Å². The van der Waals surface area contributed by atoms with Crippen LogP contribution in [0.2, 0.25) is 0 Å². The summed E-state index contributed by atoms with van der Waals surface area (Å²) in [6, 6.07) is 17.8. The van der Waals surface area contributed by atoms with Gasteiger partial charge in [0.25, 0.3) is 0 Å². The molecule has 0 aromatic heterocycles. The first-order valence-electron chi connectivity index (χ1n) is 10.6. The fourth-order valence-electron chi connectivity index (χ4n) is 4.31. The number of fused-ring (bicyclic) bond motifs is 3. The molecule has 0 spiro atoms. The van der Waals surface area contributed by atoms with Crippen molar-refractivity contribution in [2.24, 2.45) is 0 Å². The van der Waals surface area contributed by atoms with Crippen LogP contribution in [0.5, 0.6) is 0 Å². The zero-order chi connectivity index (χ0) is 20.9. The number of nitrogens with two attached hydrogens (primary N) is 2. The molecule has 0 saturated carbocycles. The number of benzene rings is 3. The van der Waals surface area contributed by atoms with Gasteiger partial charge in [0.1, 0.15) is 0 Å². The molecular weight excluding hydrogens is 352 g/mol. The normalized spacial score (nSPS) is 13.8. The zero-order valence-electron chi connectivity index (χ0n) is 18.3. The van der Waals surface area contributed by atoms with Gasteiger partial charge < -0.3 is 11.5 Å². The summed E-state index contributed by atoms with van der Waals surface area (Å²) in [5, 5.41) is 0. The smallest absolute Gasteiger partial charge is 0.0554 e. The first kappa shape index (κ1) is 19.6. The lowest BCUT2D eigenvalue weighted by Gasteiger charge is -2.23. The second-order valence-corrected chi connectivity index (χ2v) is 9.55. The Kier molecular flexibility index (Phi) is 4.69. The highest BCUT2D eigenvalue weighted by molar-refractivity contribution is 5.92. The van der Waals surface area contributed by atoms with E-state index >= 15 is 0 Å². The van der Waals surface area contributed by atoms with E-state index in [0.29, 0.717) is 17.3 Å². The molecule has 2 heteroatoms. The lowest BCUT2D eigenvalue weighted by atomic mass is 9.82. The number of rotatable bonds is 3. The Morgan fingerprint density at radius 1 is 0.862 bits per heavy atom. The van der Waals surface area contributed by atoms with Gasteiger partial charge in [0, 0.05) is 0 Å².